The van der Waals surface area contributed by atoms with Gasteiger partial charge >= 0.3 is 0 Å². The van der Waals surface area contributed by atoms with Gasteiger partial charge in [0.2, 0.25) is 0 Å². The van der Waals surface area contributed by atoms with Crippen molar-refractivity contribution in [2.75, 3.05) is 0 Å². The molecule has 1 atom stereocenters. The molecule has 1 unspecified atom stereocenters. The van der Waals surface area contributed by atoms with Crippen molar-refractivity contribution >= 4 is 0 Å². The summed E-state index contributed by atoms with van der Waals surface area (Å²) in [4.78, 5) is 0. The first-order valence-electron chi connectivity index (χ1n) is 7.31. The molecule has 17 heavy (non-hydrogen) atoms. The SMILES string of the molecule is CCCC=CC=CCCCCC(O)CCCC. The smallest absolute Gasteiger partial charge is 0.0540 e. The Balaban J connectivity index is 3.27. The average molecular weight is 238 g/mol. The monoisotopic (exact) mass is 238 g/mol. The lowest BCUT2D eigenvalue weighted by Crippen LogP contribution is -2.05. The number of hydrogen-bond donors (Lipinski definition) is 1. The third-order valence-electron chi connectivity index (χ3n) is 2.89. The second kappa shape index (κ2) is 13.5. The zero-order chi connectivity index (χ0) is 12.8. The van der Waals surface area contributed by atoms with Gasteiger partial charge < -0.3 is 5.11 Å². The van der Waals surface area contributed by atoms with Gasteiger partial charge in [-0.15, -0.1) is 0 Å². The number of unbranched alkanes of at least 4 members (excludes halogenated alkanes) is 4. The van der Waals surface area contributed by atoms with Gasteiger partial charge in [-0.25, -0.2) is 0 Å². The van der Waals surface area contributed by atoms with Crippen LogP contribution in [0.15, 0.2) is 24.3 Å². The first-order valence-corrected chi connectivity index (χ1v) is 7.31. The van der Waals surface area contributed by atoms with Crippen molar-refractivity contribution in [2.45, 2.75) is 77.7 Å². The molecule has 1 N–H and O–H groups in total. The molecule has 0 aliphatic carbocycles. The Morgan fingerprint density at radius 3 is 2.12 bits per heavy atom. The van der Waals surface area contributed by atoms with E-state index in [1.165, 1.54) is 25.7 Å². The van der Waals surface area contributed by atoms with Gasteiger partial charge in [-0.2, -0.15) is 0 Å². The summed E-state index contributed by atoms with van der Waals surface area (Å²) in [7, 11) is 0. The van der Waals surface area contributed by atoms with Crippen LogP contribution in [0, 0.1) is 0 Å². The summed E-state index contributed by atoms with van der Waals surface area (Å²) in [5, 5.41) is 9.65. The van der Waals surface area contributed by atoms with Crippen LogP contribution in [-0.2, 0) is 0 Å². The van der Waals surface area contributed by atoms with Gasteiger partial charge in [0, 0.05) is 0 Å². The van der Waals surface area contributed by atoms with Crippen molar-refractivity contribution < 1.29 is 5.11 Å². The molecule has 0 radical (unpaired) electrons. The molecule has 0 amide bonds. The first kappa shape index (κ1) is 16.4. The second-order valence-electron chi connectivity index (χ2n) is 4.73. The molecule has 0 fully saturated rings. The van der Waals surface area contributed by atoms with Crippen LogP contribution in [-0.4, -0.2) is 11.2 Å². The molecule has 0 heterocycles. The van der Waals surface area contributed by atoms with E-state index in [0.29, 0.717) is 0 Å². The van der Waals surface area contributed by atoms with Crippen LogP contribution in [0.25, 0.3) is 0 Å². The van der Waals surface area contributed by atoms with Crippen molar-refractivity contribution in [2.24, 2.45) is 0 Å². The van der Waals surface area contributed by atoms with Gasteiger partial charge in [-0.05, 0) is 32.1 Å². The van der Waals surface area contributed by atoms with Gasteiger partial charge in [-0.3, -0.25) is 0 Å². The van der Waals surface area contributed by atoms with Crippen molar-refractivity contribution in [3.05, 3.63) is 24.3 Å². The Bertz CT molecular complexity index is 194. The summed E-state index contributed by atoms with van der Waals surface area (Å²) in [5.74, 6) is 0. The normalized spacial score (nSPS) is 13.8. The van der Waals surface area contributed by atoms with E-state index < -0.39 is 0 Å². The lowest BCUT2D eigenvalue weighted by Gasteiger charge is -2.08. The number of aliphatic hydroxyl groups is 1. The van der Waals surface area contributed by atoms with E-state index in [2.05, 4.69) is 38.2 Å². The predicted octanol–water partition coefficient (Wildman–Crippen LogP) is 5.01. The molecule has 0 aromatic carbocycles. The van der Waals surface area contributed by atoms with Crippen LogP contribution in [0.3, 0.4) is 0 Å². The maximum Gasteiger partial charge on any atom is 0.0540 e. The van der Waals surface area contributed by atoms with Crippen LogP contribution in [0.1, 0.15) is 71.6 Å². The van der Waals surface area contributed by atoms with Crippen LogP contribution < -0.4 is 0 Å². The van der Waals surface area contributed by atoms with E-state index in [1.807, 2.05) is 0 Å². The molecule has 0 bridgehead atoms. The van der Waals surface area contributed by atoms with Crippen molar-refractivity contribution in [3.8, 4) is 0 Å². The van der Waals surface area contributed by atoms with E-state index in [-0.39, 0.29) is 6.10 Å². The maximum absolute atomic E-state index is 9.65. The molecule has 0 saturated heterocycles. The van der Waals surface area contributed by atoms with E-state index in [0.717, 1.165) is 32.1 Å². The summed E-state index contributed by atoms with van der Waals surface area (Å²) in [6, 6.07) is 0. The van der Waals surface area contributed by atoms with Gasteiger partial charge in [-0.1, -0.05) is 63.8 Å². The fourth-order valence-corrected chi connectivity index (χ4v) is 1.74. The molecular weight excluding hydrogens is 208 g/mol. The second-order valence-corrected chi connectivity index (χ2v) is 4.73. The fourth-order valence-electron chi connectivity index (χ4n) is 1.74. The lowest BCUT2D eigenvalue weighted by molar-refractivity contribution is 0.148. The number of hydrogen-bond acceptors (Lipinski definition) is 1. The third-order valence-corrected chi connectivity index (χ3v) is 2.89. The Morgan fingerprint density at radius 2 is 1.47 bits per heavy atom. The number of aliphatic hydroxyl groups excluding tert-OH is 1. The minimum absolute atomic E-state index is 0.0663. The standard InChI is InChI=1S/C16H30O/c1-3-5-7-8-9-10-11-12-13-15-16(17)14-6-4-2/h7-10,16-17H,3-6,11-15H2,1-2H3. The maximum atomic E-state index is 9.65. The predicted molar refractivity (Wildman–Crippen MR) is 77.2 cm³/mol. The Labute approximate surface area is 108 Å². The lowest BCUT2D eigenvalue weighted by atomic mass is 10.1. The van der Waals surface area contributed by atoms with Crippen molar-refractivity contribution in [3.63, 3.8) is 0 Å². The van der Waals surface area contributed by atoms with Crippen LogP contribution in [0.4, 0.5) is 0 Å². The molecular formula is C16H30O. The van der Waals surface area contributed by atoms with Crippen LogP contribution >= 0.6 is 0 Å². The molecule has 100 valence electrons. The third kappa shape index (κ3) is 13.4. The molecule has 0 aromatic heterocycles. The highest BCUT2D eigenvalue weighted by Gasteiger charge is 2.01. The highest BCUT2D eigenvalue weighted by Crippen LogP contribution is 2.09. The van der Waals surface area contributed by atoms with E-state index >= 15 is 0 Å². The summed E-state index contributed by atoms with van der Waals surface area (Å²) in [6.45, 7) is 4.36. The van der Waals surface area contributed by atoms with Gasteiger partial charge in [0.25, 0.3) is 0 Å². The minimum atomic E-state index is -0.0663. The Morgan fingerprint density at radius 1 is 0.824 bits per heavy atom. The molecule has 0 spiro atoms. The molecule has 0 rings (SSSR count). The Kier molecular flexibility index (Phi) is 13.1. The van der Waals surface area contributed by atoms with Crippen LogP contribution in [0.5, 0.6) is 0 Å². The summed E-state index contributed by atoms with van der Waals surface area (Å²) >= 11 is 0. The molecule has 0 aliphatic heterocycles. The fraction of sp³-hybridized carbons (Fsp3) is 0.750. The number of allylic oxidation sites excluding steroid dienone is 4. The van der Waals surface area contributed by atoms with Gasteiger partial charge in [0.05, 0.1) is 6.10 Å². The van der Waals surface area contributed by atoms with Crippen LogP contribution in [0.2, 0.25) is 0 Å². The molecule has 0 saturated carbocycles. The first-order chi connectivity index (χ1) is 8.31. The number of rotatable bonds is 11. The van der Waals surface area contributed by atoms with Crippen molar-refractivity contribution in [1.82, 2.24) is 0 Å². The van der Waals surface area contributed by atoms with E-state index in [4.69, 9.17) is 0 Å². The highest BCUT2D eigenvalue weighted by molar-refractivity contribution is 5.02. The average Bonchev–Trinajstić information content (AvgIpc) is 2.34. The van der Waals surface area contributed by atoms with Gasteiger partial charge in [0.1, 0.15) is 0 Å². The largest absolute Gasteiger partial charge is 0.393 e. The molecule has 1 nitrogen and oxygen atoms in total. The zero-order valence-corrected chi connectivity index (χ0v) is 11.7. The van der Waals surface area contributed by atoms with Gasteiger partial charge in [0.15, 0.2) is 0 Å². The summed E-state index contributed by atoms with van der Waals surface area (Å²) in [5.41, 5.74) is 0. The van der Waals surface area contributed by atoms with Crippen molar-refractivity contribution in [1.29, 1.82) is 0 Å². The van der Waals surface area contributed by atoms with E-state index in [9.17, 15) is 5.11 Å². The van der Waals surface area contributed by atoms with E-state index in [1.54, 1.807) is 0 Å². The summed E-state index contributed by atoms with van der Waals surface area (Å²) < 4.78 is 0. The molecule has 1 heteroatoms. The zero-order valence-electron chi connectivity index (χ0n) is 11.7. The quantitative estimate of drug-likeness (QED) is 0.396. The molecule has 0 aliphatic rings. The minimum Gasteiger partial charge on any atom is -0.393 e. The Hall–Kier alpha value is -0.560. The molecule has 0 aromatic rings. The topological polar surface area (TPSA) is 20.2 Å². The summed E-state index contributed by atoms with van der Waals surface area (Å²) in [6.07, 6.45) is 18.8. The highest BCUT2D eigenvalue weighted by atomic mass is 16.3.